The average Bonchev–Trinajstić information content (AvgIpc) is 2.09. The van der Waals surface area contributed by atoms with E-state index in [4.69, 9.17) is 5.26 Å². The topological polar surface area (TPSA) is 48.7 Å². The van der Waals surface area contributed by atoms with Gasteiger partial charge in [0.1, 0.15) is 6.07 Å². The molecular formula is C8H8FN3. The second-order valence-electron chi connectivity index (χ2n) is 2.20. The van der Waals surface area contributed by atoms with Gasteiger partial charge in [0, 0.05) is 12.7 Å². The van der Waals surface area contributed by atoms with Crippen LogP contribution in [0.4, 0.5) is 10.2 Å². The fourth-order valence-electron chi connectivity index (χ4n) is 0.797. The molecule has 1 N–H and O–H groups in total. The van der Waals surface area contributed by atoms with Crippen molar-refractivity contribution in [2.24, 2.45) is 0 Å². The first-order valence-corrected chi connectivity index (χ1v) is 3.57. The Balaban J connectivity index is 2.97. The number of anilines is 1. The first-order valence-electron chi connectivity index (χ1n) is 3.57. The minimum atomic E-state index is -0.490. The van der Waals surface area contributed by atoms with Crippen molar-refractivity contribution in [3.8, 4) is 6.07 Å². The average molecular weight is 165 g/mol. The van der Waals surface area contributed by atoms with Crippen molar-refractivity contribution >= 4 is 5.82 Å². The normalized spacial score (nSPS) is 9.08. The van der Waals surface area contributed by atoms with E-state index in [1.54, 1.807) is 6.07 Å². The van der Waals surface area contributed by atoms with Crippen LogP contribution in [0.1, 0.15) is 12.5 Å². The van der Waals surface area contributed by atoms with Crippen molar-refractivity contribution in [2.45, 2.75) is 6.92 Å². The molecule has 0 aliphatic carbocycles. The molecule has 0 unspecified atom stereocenters. The highest BCUT2D eigenvalue weighted by Crippen LogP contribution is 2.10. The number of rotatable bonds is 2. The Kier molecular flexibility index (Phi) is 2.59. The Morgan fingerprint density at radius 2 is 2.50 bits per heavy atom. The summed E-state index contributed by atoms with van der Waals surface area (Å²) in [5.41, 5.74) is 0.231. The van der Waals surface area contributed by atoms with Crippen molar-refractivity contribution in [3.63, 3.8) is 0 Å². The smallest absolute Gasteiger partial charge is 0.166 e. The Labute approximate surface area is 69.9 Å². The lowest BCUT2D eigenvalue weighted by Gasteiger charge is -2.01. The van der Waals surface area contributed by atoms with E-state index in [2.05, 4.69) is 10.3 Å². The summed E-state index contributed by atoms with van der Waals surface area (Å²) in [7, 11) is 0. The van der Waals surface area contributed by atoms with Crippen LogP contribution in [-0.4, -0.2) is 11.5 Å². The molecule has 1 heterocycles. The van der Waals surface area contributed by atoms with Crippen LogP contribution in [-0.2, 0) is 0 Å². The molecule has 0 saturated heterocycles. The number of nitrogens with one attached hydrogen (secondary N) is 1. The molecule has 1 aromatic rings. The lowest BCUT2D eigenvalue weighted by molar-refractivity contribution is 0.624. The van der Waals surface area contributed by atoms with Gasteiger partial charge in [-0.1, -0.05) is 0 Å². The summed E-state index contributed by atoms with van der Waals surface area (Å²) in [5.74, 6) is -0.299. The van der Waals surface area contributed by atoms with Crippen LogP contribution in [0.2, 0.25) is 0 Å². The fourth-order valence-corrected chi connectivity index (χ4v) is 0.797. The van der Waals surface area contributed by atoms with Crippen LogP contribution in [0.15, 0.2) is 12.3 Å². The summed E-state index contributed by atoms with van der Waals surface area (Å²) >= 11 is 0. The van der Waals surface area contributed by atoms with Crippen molar-refractivity contribution in [1.29, 1.82) is 5.26 Å². The number of nitriles is 1. The van der Waals surface area contributed by atoms with Gasteiger partial charge in [-0.15, -0.1) is 0 Å². The van der Waals surface area contributed by atoms with Gasteiger partial charge in [0.05, 0.1) is 5.56 Å². The van der Waals surface area contributed by atoms with Gasteiger partial charge in [-0.2, -0.15) is 5.26 Å². The second-order valence-corrected chi connectivity index (χ2v) is 2.20. The SMILES string of the molecule is CCNc1ncc(C#N)cc1F. The molecule has 1 aromatic heterocycles. The van der Waals surface area contributed by atoms with E-state index < -0.39 is 5.82 Å². The maximum absolute atomic E-state index is 12.9. The molecule has 0 bridgehead atoms. The second kappa shape index (κ2) is 3.67. The van der Waals surface area contributed by atoms with Crippen LogP contribution < -0.4 is 5.32 Å². The summed E-state index contributed by atoms with van der Waals surface area (Å²) in [6.07, 6.45) is 1.33. The van der Waals surface area contributed by atoms with Gasteiger partial charge in [0.2, 0.25) is 0 Å². The number of pyridine rings is 1. The molecule has 0 aromatic carbocycles. The molecule has 0 atom stereocenters. The van der Waals surface area contributed by atoms with E-state index in [0.29, 0.717) is 6.54 Å². The quantitative estimate of drug-likeness (QED) is 0.722. The highest BCUT2D eigenvalue weighted by atomic mass is 19.1. The third-order valence-corrected chi connectivity index (χ3v) is 1.31. The molecular weight excluding hydrogens is 157 g/mol. The first-order chi connectivity index (χ1) is 5.77. The minimum absolute atomic E-state index is 0.191. The lowest BCUT2D eigenvalue weighted by Crippen LogP contribution is -2.02. The van der Waals surface area contributed by atoms with Gasteiger partial charge in [-0.05, 0) is 13.0 Å². The summed E-state index contributed by atoms with van der Waals surface area (Å²) < 4.78 is 12.9. The fraction of sp³-hybridized carbons (Fsp3) is 0.250. The lowest BCUT2D eigenvalue weighted by atomic mass is 10.3. The molecule has 4 heteroatoms. The van der Waals surface area contributed by atoms with E-state index in [-0.39, 0.29) is 11.4 Å². The molecule has 62 valence electrons. The van der Waals surface area contributed by atoms with Gasteiger partial charge in [0.25, 0.3) is 0 Å². The molecule has 0 saturated carbocycles. The molecule has 0 fully saturated rings. The van der Waals surface area contributed by atoms with E-state index in [9.17, 15) is 4.39 Å². The highest BCUT2D eigenvalue weighted by molar-refractivity contribution is 5.40. The van der Waals surface area contributed by atoms with Gasteiger partial charge in [0.15, 0.2) is 11.6 Å². The maximum atomic E-state index is 12.9. The molecule has 0 radical (unpaired) electrons. The summed E-state index contributed by atoms with van der Waals surface area (Å²) in [5, 5.41) is 11.1. The Hall–Kier alpha value is -1.63. The third-order valence-electron chi connectivity index (χ3n) is 1.31. The van der Waals surface area contributed by atoms with E-state index in [0.717, 1.165) is 6.07 Å². The largest absolute Gasteiger partial charge is 0.368 e. The number of halogens is 1. The maximum Gasteiger partial charge on any atom is 0.166 e. The van der Waals surface area contributed by atoms with Gasteiger partial charge < -0.3 is 5.32 Å². The molecule has 0 spiro atoms. The summed E-state index contributed by atoms with van der Waals surface area (Å²) in [6.45, 7) is 2.45. The Bertz CT molecular complexity index is 317. The van der Waals surface area contributed by atoms with Gasteiger partial charge in [-0.25, -0.2) is 9.37 Å². The predicted molar refractivity (Wildman–Crippen MR) is 43.1 cm³/mol. The standard InChI is InChI=1S/C8H8FN3/c1-2-11-8-7(9)3-6(4-10)5-12-8/h3,5H,2H2,1H3,(H,11,12). The zero-order valence-electron chi connectivity index (χ0n) is 6.63. The zero-order chi connectivity index (χ0) is 8.97. The number of hydrogen-bond acceptors (Lipinski definition) is 3. The van der Waals surface area contributed by atoms with Gasteiger partial charge in [-0.3, -0.25) is 0 Å². The third kappa shape index (κ3) is 1.70. The van der Waals surface area contributed by atoms with E-state index >= 15 is 0 Å². The number of aromatic nitrogens is 1. The molecule has 1 rings (SSSR count). The van der Waals surface area contributed by atoms with Crippen molar-refractivity contribution in [2.75, 3.05) is 11.9 Å². The van der Waals surface area contributed by atoms with Gasteiger partial charge >= 0.3 is 0 Å². The monoisotopic (exact) mass is 165 g/mol. The van der Waals surface area contributed by atoms with E-state index in [1.807, 2.05) is 6.92 Å². The molecule has 3 nitrogen and oxygen atoms in total. The number of nitrogens with zero attached hydrogens (tertiary/aromatic N) is 2. The first kappa shape index (κ1) is 8.47. The van der Waals surface area contributed by atoms with Crippen LogP contribution in [0.25, 0.3) is 0 Å². The van der Waals surface area contributed by atoms with Crippen LogP contribution in [0, 0.1) is 17.1 Å². The predicted octanol–water partition coefficient (Wildman–Crippen LogP) is 1.52. The highest BCUT2D eigenvalue weighted by Gasteiger charge is 2.02. The van der Waals surface area contributed by atoms with Crippen molar-refractivity contribution < 1.29 is 4.39 Å². The number of hydrogen-bond donors (Lipinski definition) is 1. The summed E-state index contributed by atoms with van der Waals surface area (Å²) in [4.78, 5) is 3.73. The molecule has 0 aliphatic heterocycles. The molecule has 0 aliphatic rings. The zero-order valence-corrected chi connectivity index (χ0v) is 6.63. The summed E-state index contributed by atoms with van der Waals surface area (Å²) in [6, 6.07) is 2.96. The Morgan fingerprint density at radius 3 is 3.00 bits per heavy atom. The molecule has 0 amide bonds. The van der Waals surface area contributed by atoms with Crippen LogP contribution >= 0.6 is 0 Å². The minimum Gasteiger partial charge on any atom is -0.368 e. The van der Waals surface area contributed by atoms with Crippen LogP contribution in [0.3, 0.4) is 0 Å². The van der Waals surface area contributed by atoms with Crippen molar-refractivity contribution in [3.05, 3.63) is 23.6 Å². The molecule has 12 heavy (non-hydrogen) atoms. The Morgan fingerprint density at radius 1 is 1.75 bits per heavy atom. The van der Waals surface area contributed by atoms with Crippen LogP contribution in [0.5, 0.6) is 0 Å². The van der Waals surface area contributed by atoms with E-state index in [1.165, 1.54) is 6.20 Å². The van der Waals surface area contributed by atoms with Crippen molar-refractivity contribution in [1.82, 2.24) is 4.98 Å².